The van der Waals surface area contributed by atoms with Crippen LogP contribution in [0.2, 0.25) is 0 Å². The summed E-state index contributed by atoms with van der Waals surface area (Å²) in [5.41, 5.74) is 3.05. The number of β-amino-alcohol motifs (C(OH)–C–C–N with tert-alkyl or cyclic N) is 1. The molecule has 1 N–H and O–H groups in total. The first-order chi connectivity index (χ1) is 15.2. The van der Waals surface area contributed by atoms with Gasteiger partial charge in [-0.2, -0.15) is 4.98 Å². The Morgan fingerprint density at radius 1 is 0.968 bits per heavy atom. The highest BCUT2D eigenvalue weighted by molar-refractivity contribution is 5.78. The van der Waals surface area contributed by atoms with Gasteiger partial charge in [-0.3, -0.25) is 4.98 Å². The van der Waals surface area contributed by atoms with Crippen LogP contribution in [-0.4, -0.2) is 65.6 Å². The number of aliphatic hydroxyl groups excluding tert-OH is 1. The van der Waals surface area contributed by atoms with Crippen LogP contribution in [0.5, 0.6) is 0 Å². The first-order valence-corrected chi connectivity index (χ1v) is 11.2. The molecule has 2 saturated heterocycles. The van der Waals surface area contributed by atoms with E-state index in [9.17, 15) is 5.11 Å². The Balaban J connectivity index is 1.34. The number of ether oxygens (including phenoxy) is 1. The van der Waals surface area contributed by atoms with Crippen molar-refractivity contribution in [2.45, 2.75) is 25.9 Å². The van der Waals surface area contributed by atoms with Gasteiger partial charge in [0.2, 0.25) is 5.95 Å². The highest BCUT2D eigenvalue weighted by atomic mass is 16.5. The molecule has 1 aromatic carbocycles. The maximum Gasteiger partial charge on any atom is 0.227 e. The fourth-order valence-corrected chi connectivity index (χ4v) is 4.45. The van der Waals surface area contributed by atoms with Crippen LogP contribution in [0.1, 0.15) is 18.3 Å². The van der Waals surface area contributed by atoms with Crippen molar-refractivity contribution in [1.29, 1.82) is 0 Å². The van der Waals surface area contributed by atoms with E-state index in [1.54, 1.807) is 0 Å². The zero-order chi connectivity index (χ0) is 21.2. The van der Waals surface area contributed by atoms with Crippen LogP contribution in [0.25, 0.3) is 10.9 Å². The van der Waals surface area contributed by atoms with E-state index < -0.39 is 6.10 Å². The number of aliphatic hydroxyl groups is 1. The number of hydrogen-bond donors (Lipinski definition) is 1. The third kappa shape index (κ3) is 4.34. The number of anilines is 2. The van der Waals surface area contributed by atoms with Gasteiger partial charge in [0.1, 0.15) is 5.82 Å². The van der Waals surface area contributed by atoms with E-state index in [1.165, 1.54) is 0 Å². The number of pyridine rings is 1. The Kier molecular flexibility index (Phi) is 5.70. The van der Waals surface area contributed by atoms with Crippen LogP contribution in [-0.2, 0) is 17.6 Å². The monoisotopic (exact) mass is 419 g/mol. The summed E-state index contributed by atoms with van der Waals surface area (Å²) < 4.78 is 5.47. The van der Waals surface area contributed by atoms with Gasteiger partial charge in [-0.1, -0.05) is 31.2 Å². The lowest BCUT2D eigenvalue weighted by Gasteiger charge is -2.28. The third-order valence-corrected chi connectivity index (χ3v) is 6.27. The van der Waals surface area contributed by atoms with Crippen LogP contribution in [0.3, 0.4) is 0 Å². The molecule has 31 heavy (non-hydrogen) atoms. The summed E-state index contributed by atoms with van der Waals surface area (Å²) in [6, 6.07) is 14.4. The molecule has 162 valence electrons. The summed E-state index contributed by atoms with van der Waals surface area (Å²) in [7, 11) is 0. The molecular formula is C24H29N5O2. The molecule has 0 bridgehead atoms. The molecular weight excluding hydrogens is 390 g/mol. The lowest BCUT2D eigenvalue weighted by Crippen LogP contribution is -2.38. The highest BCUT2D eigenvalue weighted by Crippen LogP contribution is 2.28. The molecule has 2 aliphatic rings. The zero-order valence-corrected chi connectivity index (χ0v) is 17.9. The van der Waals surface area contributed by atoms with Gasteiger partial charge in [-0.05, 0) is 25.0 Å². The molecule has 7 nitrogen and oxygen atoms in total. The molecule has 4 heterocycles. The number of fused-ring (bicyclic) bond motifs is 1. The fourth-order valence-electron chi connectivity index (χ4n) is 4.45. The predicted molar refractivity (Wildman–Crippen MR) is 122 cm³/mol. The SMILES string of the molecule is CCc1cc(N2C[C@@H](Cc3ccc4ccccc4n3)[C@H](O)C2)nc(N2CCOCC2)n1. The summed E-state index contributed by atoms with van der Waals surface area (Å²) >= 11 is 0. The summed E-state index contributed by atoms with van der Waals surface area (Å²) in [5, 5.41) is 11.9. The van der Waals surface area contributed by atoms with Gasteiger partial charge in [0, 0.05) is 54.9 Å². The van der Waals surface area contributed by atoms with E-state index >= 15 is 0 Å². The Morgan fingerprint density at radius 2 is 1.81 bits per heavy atom. The smallest absolute Gasteiger partial charge is 0.227 e. The van der Waals surface area contributed by atoms with E-state index in [0.29, 0.717) is 19.8 Å². The zero-order valence-electron chi connectivity index (χ0n) is 17.9. The molecule has 2 aliphatic heterocycles. The van der Waals surface area contributed by atoms with Gasteiger partial charge < -0.3 is 19.6 Å². The minimum atomic E-state index is -0.403. The normalized spacial score (nSPS) is 21.7. The van der Waals surface area contributed by atoms with Gasteiger partial charge in [-0.15, -0.1) is 0 Å². The first kappa shape index (κ1) is 20.2. The number of para-hydroxylation sites is 1. The Hall–Kier alpha value is -2.77. The summed E-state index contributed by atoms with van der Waals surface area (Å²) in [5.74, 6) is 1.80. The third-order valence-electron chi connectivity index (χ3n) is 6.27. The minimum Gasteiger partial charge on any atom is -0.391 e. The largest absolute Gasteiger partial charge is 0.391 e. The van der Waals surface area contributed by atoms with Crippen molar-refractivity contribution in [2.24, 2.45) is 5.92 Å². The number of benzene rings is 1. The van der Waals surface area contributed by atoms with E-state index in [0.717, 1.165) is 66.5 Å². The number of hydrogen-bond acceptors (Lipinski definition) is 7. The van der Waals surface area contributed by atoms with Crippen molar-refractivity contribution in [2.75, 3.05) is 49.2 Å². The van der Waals surface area contributed by atoms with E-state index in [1.807, 2.05) is 18.2 Å². The molecule has 0 saturated carbocycles. The van der Waals surface area contributed by atoms with Gasteiger partial charge in [0.05, 0.1) is 24.8 Å². The lowest BCUT2D eigenvalue weighted by atomic mass is 9.99. The van der Waals surface area contributed by atoms with Crippen molar-refractivity contribution in [1.82, 2.24) is 15.0 Å². The Bertz CT molecular complexity index is 1050. The second-order valence-electron chi connectivity index (χ2n) is 8.40. The quantitative estimate of drug-likeness (QED) is 0.681. The van der Waals surface area contributed by atoms with Crippen LogP contribution in [0.4, 0.5) is 11.8 Å². The van der Waals surface area contributed by atoms with E-state index in [-0.39, 0.29) is 5.92 Å². The van der Waals surface area contributed by atoms with Crippen LogP contribution in [0, 0.1) is 5.92 Å². The van der Waals surface area contributed by atoms with E-state index in [2.05, 4.69) is 41.0 Å². The molecule has 2 atom stereocenters. The van der Waals surface area contributed by atoms with Crippen molar-refractivity contribution < 1.29 is 9.84 Å². The van der Waals surface area contributed by atoms with Gasteiger partial charge in [0.15, 0.2) is 0 Å². The fraction of sp³-hybridized carbons (Fsp3) is 0.458. The van der Waals surface area contributed by atoms with Gasteiger partial charge in [-0.25, -0.2) is 4.98 Å². The number of rotatable bonds is 5. The molecule has 7 heteroatoms. The maximum absolute atomic E-state index is 10.8. The summed E-state index contributed by atoms with van der Waals surface area (Å²) in [4.78, 5) is 18.8. The van der Waals surface area contributed by atoms with Crippen LogP contribution >= 0.6 is 0 Å². The summed E-state index contributed by atoms with van der Waals surface area (Å²) in [6.07, 6.45) is 1.21. The molecule has 0 unspecified atom stereocenters. The molecule has 0 aliphatic carbocycles. The molecule has 0 amide bonds. The van der Waals surface area contributed by atoms with Crippen LogP contribution < -0.4 is 9.80 Å². The Labute approximate surface area is 182 Å². The molecule has 0 radical (unpaired) electrons. The molecule has 0 spiro atoms. The average Bonchev–Trinajstić information content (AvgIpc) is 3.19. The van der Waals surface area contributed by atoms with Crippen molar-refractivity contribution in [3.63, 3.8) is 0 Å². The van der Waals surface area contributed by atoms with Crippen molar-refractivity contribution in [3.05, 3.63) is 53.9 Å². The highest BCUT2D eigenvalue weighted by Gasteiger charge is 2.33. The summed E-state index contributed by atoms with van der Waals surface area (Å²) in [6.45, 7) is 6.50. The minimum absolute atomic E-state index is 0.126. The Morgan fingerprint density at radius 3 is 2.65 bits per heavy atom. The standard InChI is InChI=1S/C24H29N5O2/c1-2-19-14-23(27-24(26-19)28-9-11-31-12-10-28)29-15-18(22(30)16-29)13-20-8-7-17-5-3-4-6-21(17)25-20/h3-8,14,18,22,30H,2,9-13,15-16H2,1H3/t18-,22-/m1/s1. The number of nitrogens with zero attached hydrogens (tertiary/aromatic N) is 5. The molecule has 3 aromatic rings. The lowest BCUT2D eigenvalue weighted by molar-refractivity contribution is 0.122. The number of aryl methyl sites for hydroxylation is 1. The van der Waals surface area contributed by atoms with Gasteiger partial charge >= 0.3 is 0 Å². The topological polar surface area (TPSA) is 74.6 Å². The van der Waals surface area contributed by atoms with Gasteiger partial charge in [0.25, 0.3) is 0 Å². The van der Waals surface area contributed by atoms with Crippen molar-refractivity contribution >= 4 is 22.7 Å². The first-order valence-electron chi connectivity index (χ1n) is 11.2. The second kappa shape index (κ2) is 8.77. The number of morpholine rings is 1. The average molecular weight is 420 g/mol. The van der Waals surface area contributed by atoms with Crippen molar-refractivity contribution in [3.8, 4) is 0 Å². The van der Waals surface area contributed by atoms with Crippen LogP contribution in [0.15, 0.2) is 42.5 Å². The predicted octanol–water partition coefficient (Wildman–Crippen LogP) is 2.46. The molecule has 2 fully saturated rings. The maximum atomic E-state index is 10.8. The second-order valence-corrected chi connectivity index (χ2v) is 8.40. The number of aromatic nitrogens is 3. The molecule has 2 aromatic heterocycles. The molecule has 5 rings (SSSR count). The van der Waals surface area contributed by atoms with E-state index in [4.69, 9.17) is 19.7 Å².